The van der Waals surface area contributed by atoms with Crippen molar-refractivity contribution in [2.45, 2.75) is 0 Å². The lowest BCUT2D eigenvalue weighted by Crippen LogP contribution is -2.37. The van der Waals surface area contributed by atoms with Gasteiger partial charge in [0.2, 0.25) is 5.95 Å². The van der Waals surface area contributed by atoms with E-state index < -0.39 is 5.97 Å². The highest BCUT2D eigenvalue weighted by Crippen LogP contribution is 2.31. The zero-order valence-corrected chi connectivity index (χ0v) is 17.7. The molecule has 32 heavy (non-hydrogen) atoms. The molecule has 0 bridgehead atoms. The Bertz CT molecular complexity index is 1130. The number of benzene rings is 2. The van der Waals surface area contributed by atoms with Crippen molar-refractivity contribution >= 4 is 29.5 Å². The molecule has 1 aliphatic rings. The number of nitrogens with one attached hydrogen (secondary N) is 1. The number of methoxy groups -OCH3 is 1. The lowest BCUT2D eigenvalue weighted by atomic mass is 10.0. The van der Waals surface area contributed by atoms with Crippen molar-refractivity contribution in [2.75, 3.05) is 43.6 Å². The lowest BCUT2D eigenvalue weighted by molar-refractivity contribution is -0.131. The molecule has 2 heterocycles. The highest BCUT2D eigenvalue weighted by molar-refractivity contribution is 5.86. The van der Waals surface area contributed by atoms with Crippen LogP contribution in [0.3, 0.4) is 0 Å². The molecule has 2 aromatic carbocycles. The van der Waals surface area contributed by atoms with E-state index in [1.54, 1.807) is 19.4 Å². The van der Waals surface area contributed by atoms with E-state index in [0.717, 1.165) is 53.1 Å². The summed E-state index contributed by atoms with van der Waals surface area (Å²) in [6.07, 6.45) is 4.49. The molecule has 3 aromatic rings. The molecule has 1 aliphatic heterocycles. The minimum absolute atomic E-state index is 0.477. The molecular weight excluding hydrogens is 408 g/mol. The standard InChI is InChI=1S/C24H24N4O4/c1-31-20-7-3-6-19(15-20)26-24-25-16-21(23(27-24)28-10-12-32-13-11-28)18-5-2-4-17(14-18)8-9-22(29)30/h2-9,14-16H,10-13H2,1H3,(H,29,30)(H,25,26,27)/b9-8+. The molecule has 164 valence electrons. The third kappa shape index (κ3) is 5.22. The van der Waals surface area contributed by atoms with Gasteiger partial charge in [0.15, 0.2) is 0 Å². The van der Waals surface area contributed by atoms with Gasteiger partial charge in [-0.2, -0.15) is 4.98 Å². The fourth-order valence-corrected chi connectivity index (χ4v) is 3.46. The molecule has 0 radical (unpaired) electrons. The van der Waals surface area contributed by atoms with Gasteiger partial charge in [0.25, 0.3) is 0 Å². The van der Waals surface area contributed by atoms with Gasteiger partial charge in [0.05, 0.1) is 20.3 Å². The average molecular weight is 432 g/mol. The molecule has 1 saturated heterocycles. The molecule has 0 unspecified atom stereocenters. The van der Waals surface area contributed by atoms with Crippen molar-refractivity contribution in [2.24, 2.45) is 0 Å². The van der Waals surface area contributed by atoms with Crippen LogP contribution in [-0.2, 0) is 9.53 Å². The van der Waals surface area contributed by atoms with Gasteiger partial charge in [-0.3, -0.25) is 0 Å². The summed E-state index contributed by atoms with van der Waals surface area (Å²) >= 11 is 0. The average Bonchev–Trinajstić information content (AvgIpc) is 2.83. The predicted molar refractivity (Wildman–Crippen MR) is 123 cm³/mol. The topological polar surface area (TPSA) is 96.8 Å². The van der Waals surface area contributed by atoms with Crippen LogP contribution in [0.15, 0.2) is 60.8 Å². The fourth-order valence-electron chi connectivity index (χ4n) is 3.46. The number of hydrogen-bond acceptors (Lipinski definition) is 7. The van der Waals surface area contributed by atoms with Gasteiger partial charge in [-0.1, -0.05) is 24.3 Å². The molecule has 0 atom stereocenters. The van der Waals surface area contributed by atoms with Gasteiger partial charge >= 0.3 is 5.97 Å². The Hall–Kier alpha value is -3.91. The number of anilines is 3. The minimum atomic E-state index is -0.985. The number of aromatic nitrogens is 2. The number of nitrogens with zero attached hydrogens (tertiary/aromatic N) is 3. The zero-order chi connectivity index (χ0) is 22.3. The Morgan fingerprint density at radius 2 is 2.00 bits per heavy atom. The third-order valence-corrected chi connectivity index (χ3v) is 5.02. The van der Waals surface area contributed by atoms with Crippen LogP contribution in [0.2, 0.25) is 0 Å². The molecule has 1 fully saturated rings. The molecule has 8 nitrogen and oxygen atoms in total. The van der Waals surface area contributed by atoms with Crippen LogP contribution in [0.4, 0.5) is 17.5 Å². The van der Waals surface area contributed by atoms with Crippen LogP contribution >= 0.6 is 0 Å². The monoisotopic (exact) mass is 432 g/mol. The fraction of sp³-hybridized carbons (Fsp3) is 0.208. The van der Waals surface area contributed by atoms with E-state index in [2.05, 4.69) is 15.2 Å². The molecule has 4 rings (SSSR count). The van der Waals surface area contributed by atoms with Gasteiger partial charge < -0.3 is 24.8 Å². The largest absolute Gasteiger partial charge is 0.497 e. The first-order valence-electron chi connectivity index (χ1n) is 10.2. The number of carbonyl (C=O) groups is 1. The highest BCUT2D eigenvalue weighted by atomic mass is 16.5. The molecule has 2 N–H and O–H groups in total. The number of hydrogen-bond donors (Lipinski definition) is 2. The maximum atomic E-state index is 10.9. The maximum Gasteiger partial charge on any atom is 0.328 e. The van der Waals surface area contributed by atoms with Crippen molar-refractivity contribution in [1.29, 1.82) is 0 Å². The molecule has 0 spiro atoms. The molecule has 0 amide bonds. The normalized spacial score (nSPS) is 13.8. The van der Waals surface area contributed by atoms with Crippen molar-refractivity contribution in [1.82, 2.24) is 9.97 Å². The molecule has 8 heteroatoms. The van der Waals surface area contributed by atoms with Gasteiger partial charge in [-0.05, 0) is 35.4 Å². The van der Waals surface area contributed by atoms with Crippen LogP contribution in [-0.4, -0.2) is 54.5 Å². The zero-order valence-electron chi connectivity index (χ0n) is 17.7. The van der Waals surface area contributed by atoms with Crippen molar-refractivity contribution < 1.29 is 19.4 Å². The van der Waals surface area contributed by atoms with E-state index in [1.807, 2.05) is 48.5 Å². The van der Waals surface area contributed by atoms with Gasteiger partial charge in [0.1, 0.15) is 11.6 Å². The molecule has 0 aliphatic carbocycles. The smallest absolute Gasteiger partial charge is 0.328 e. The summed E-state index contributed by atoms with van der Waals surface area (Å²) in [7, 11) is 1.63. The number of carboxylic acids is 1. The number of ether oxygens (including phenoxy) is 2. The van der Waals surface area contributed by atoms with E-state index >= 15 is 0 Å². The Kier molecular flexibility index (Phi) is 6.62. The first-order chi connectivity index (χ1) is 15.6. The van der Waals surface area contributed by atoms with Crippen molar-refractivity contribution in [3.8, 4) is 16.9 Å². The van der Waals surface area contributed by atoms with Crippen LogP contribution in [0.25, 0.3) is 17.2 Å². The minimum Gasteiger partial charge on any atom is -0.497 e. The van der Waals surface area contributed by atoms with Crippen molar-refractivity contribution in [3.05, 3.63) is 66.4 Å². The Balaban J connectivity index is 1.70. The van der Waals surface area contributed by atoms with Gasteiger partial charge in [0, 0.05) is 42.7 Å². The Labute approximate surface area is 186 Å². The van der Waals surface area contributed by atoms with Crippen molar-refractivity contribution in [3.63, 3.8) is 0 Å². The summed E-state index contributed by atoms with van der Waals surface area (Å²) in [5.74, 6) is 1.03. The second kappa shape index (κ2) is 9.93. The van der Waals surface area contributed by atoms with E-state index in [1.165, 1.54) is 0 Å². The predicted octanol–water partition coefficient (Wildman–Crippen LogP) is 3.83. The lowest BCUT2D eigenvalue weighted by Gasteiger charge is -2.29. The second-order valence-corrected chi connectivity index (χ2v) is 7.18. The van der Waals surface area contributed by atoms with Crippen LogP contribution in [0, 0.1) is 0 Å². The first-order valence-corrected chi connectivity index (χ1v) is 10.2. The summed E-state index contributed by atoms with van der Waals surface area (Å²) in [4.78, 5) is 22.4. The van der Waals surface area contributed by atoms with Gasteiger partial charge in [-0.15, -0.1) is 0 Å². The Morgan fingerprint density at radius 3 is 2.78 bits per heavy atom. The SMILES string of the molecule is COc1cccc(Nc2ncc(-c3cccc(/C=C/C(=O)O)c3)c(N3CCOCC3)n2)c1. The number of morpholine rings is 1. The van der Waals surface area contributed by atoms with E-state index in [9.17, 15) is 4.79 Å². The summed E-state index contributed by atoms with van der Waals surface area (Å²) in [6.45, 7) is 2.70. The van der Waals surface area contributed by atoms with Crippen LogP contribution in [0.1, 0.15) is 5.56 Å². The summed E-state index contributed by atoms with van der Waals surface area (Å²) < 4.78 is 10.8. The maximum absolute atomic E-state index is 10.9. The van der Waals surface area contributed by atoms with E-state index in [4.69, 9.17) is 19.6 Å². The van der Waals surface area contributed by atoms with Gasteiger partial charge in [-0.25, -0.2) is 9.78 Å². The molecular formula is C24H24N4O4. The summed E-state index contributed by atoms with van der Waals surface area (Å²) in [5, 5.41) is 12.2. The molecule has 0 saturated carbocycles. The van der Waals surface area contributed by atoms with Crippen LogP contribution in [0.5, 0.6) is 5.75 Å². The first kappa shape index (κ1) is 21.3. The van der Waals surface area contributed by atoms with E-state index in [0.29, 0.717) is 19.2 Å². The summed E-state index contributed by atoms with van der Waals surface area (Å²) in [5.41, 5.74) is 3.39. The Morgan fingerprint density at radius 1 is 1.19 bits per heavy atom. The number of aliphatic carboxylic acids is 1. The second-order valence-electron chi connectivity index (χ2n) is 7.18. The summed E-state index contributed by atoms with van der Waals surface area (Å²) in [6, 6.07) is 15.2. The molecule has 1 aromatic heterocycles. The van der Waals surface area contributed by atoms with Crippen LogP contribution < -0.4 is 15.0 Å². The van der Waals surface area contributed by atoms with E-state index in [-0.39, 0.29) is 0 Å². The number of rotatable bonds is 7. The number of carboxylic acid groups (broad SMARTS) is 1. The highest BCUT2D eigenvalue weighted by Gasteiger charge is 2.19. The third-order valence-electron chi connectivity index (χ3n) is 5.02. The quantitative estimate of drug-likeness (QED) is 0.544.